The smallest absolute Gasteiger partial charge is 0.109 e. The molecule has 0 aromatic rings. The summed E-state index contributed by atoms with van der Waals surface area (Å²) in [5.41, 5.74) is 2.83. The SMILES string of the molecule is CCCC1=C(C)COC=C1. The van der Waals surface area contributed by atoms with Crippen molar-refractivity contribution in [2.75, 3.05) is 6.61 Å². The molecule has 1 aliphatic heterocycles. The third-order valence-electron chi connectivity index (χ3n) is 1.73. The summed E-state index contributed by atoms with van der Waals surface area (Å²) in [6, 6.07) is 0. The number of hydrogen-bond donors (Lipinski definition) is 0. The zero-order valence-electron chi connectivity index (χ0n) is 6.68. The fraction of sp³-hybridized carbons (Fsp3) is 0.556. The van der Waals surface area contributed by atoms with Crippen molar-refractivity contribution in [2.45, 2.75) is 26.7 Å². The molecule has 0 fully saturated rings. The van der Waals surface area contributed by atoms with E-state index >= 15 is 0 Å². The van der Waals surface area contributed by atoms with E-state index in [4.69, 9.17) is 4.74 Å². The fourth-order valence-corrected chi connectivity index (χ4v) is 1.10. The van der Waals surface area contributed by atoms with Crippen molar-refractivity contribution in [1.82, 2.24) is 0 Å². The van der Waals surface area contributed by atoms with Gasteiger partial charge in [0.05, 0.1) is 6.26 Å². The van der Waals surface area contributed by atoms with Gasteiger partial charge in [0.25, 0.3) is 0 Å². The van der Waals surface area contributed by atoms with E-state index in [1.54, 1.807) is 6.26 Å². The van der Waals surface area contributed by atoms with Gasteiger partial charge < -0.3 is 4.74 Å². The Morgan fingerprint density at radius 3 is 3.00 bits per heavy atom. The van der Waals surface area contributed by atoms with Gasteiger partial charge in [-0.2, -0.15) is 0 Å². The number of allylic oxidation sites excluding steroid dienone is 2. The van der Waals surface area contributed by atoms with Gasteiger partial charge in [0, 0.05) is 0 Å². The summed E-state index contributed by atoms with van der Waals surface area (Å²) in [5.74, 6) is 0. The minimum absolute atomic E-state index is 0.784. The quantitative estimate of drug-likeness (QED) is 0.570. The highest BCUT2D eigenvalue weighted by Gasteiger charge is 2.02. The number of ether oxygens (including phenoxy) is 1. The van der Waals surface area contributed by atoms with Crippen LogP contribution in [-0.4, -0.2) is 6.61 Å². The summed E-state index contributed by atoms with van der Waals surface area (Å²) >= 11 is 0. The van der Waals surface area contributed by atoms with E-state index in [9.17, 15) is 0 Å². The molecule has 0 spiro atoms. The summed E-state index contributed by atoms with van der Waals surface area (Å²) in [4.78, 5) is 0. The van der Waals surface area contributed by atoms with E-state index in [2.05, 4.69) is 19.9 Å². The van der Waals surface area contributed by atoms with Gasteiger partial charge in [-0.05, 0) is 30.6 Å². The van der Waals surface area contributed by atoms with Gasteiger partial charge in [0.15, 0.2) is 0 Å². The minimum Gasteiger partial charge on any atom is -0.497 e. The molecule has 1 heteroatoms. The zero-order valence-corrected chi connectivity index (χ0v) is 6.68. The van der Waals surface area contributed by atoms with Crippen LogP contribution < -0.4 is 0 Å². The van der Waals surface area contributed by atoms with Crippen molar-refractivity contribution in [3.05, 3.63) is 23.5 Å². The van der Waals surface area contributed by atoms with Crippen LogP contribution in [0.4, 0.5) is 0 Å². The van der Waals surface area contributed by atoms with Crippen molar-refractivity contribution in [2.24, 2.45) is 0 Å². The van der Waals surface area contributed by atoms with Crippen LogP contribution in [0.5, 0.6) is 0 Å². The van der Waals surface area contributed by atoms with Crippen LogP contribution >= 0.6 is 0 Å². The van der Waals surface area contributed by atoms with Crippen molar-refractivity contribution in [3.8, 4) is 0 Å². The van der Waals surface area contributed by atoms with Crippen LogP contribution in [0.3, 0.4) is 0 Å². The Labute approximate surface area is 62.4 Å². The lowest BCUT2D eigenvalue weighted by Gasteiger charge is -2.11. The van der Waals surface area contributed by atoms with Crippen molar-refractivity contribution in [3.63, 3.8) is 0 Å². The summed E-state index contributed by atoms with van der Waals surface area (Å²) in [6.45, 7) is 5.11. The monoisotopic (exact) mass is 138 g/mol. The zero-order chi connectivity index (χ0) is 7.40. The maximum absolute atomic E-state index is 5.12. The topological polar surface area (TPSA) is 9.23 Å². The van der Waals surface area contributed by atoms with Crippen molar-refractivity contribution < 1.29 is 4.74 Å². The second-order valence-electron chi connectivity index (χ2n) is 2.67. The van der Waals surface area contributed by atoms with Crippen LogP contribution in [0, 0.1) is 0 Å². The Morgan fingerprint density at radius 2 is 2.40 bits per heavy atom. The highest BCUT2D eigenvalue weighted by molar-refractivity contribution is 5.26. The van der Waals surface area contributed by atoms with Crippen LogP contribution in [0.15, 0.2) is 23.5 Å². The van der Waals surface area contributed by atoms with Crippen LogP contribution in [0.25, 0.3) is 0 Å². The van der Waals surface area contributed by atoms with Gasteiger partial charge in [-0.15, -0.1) is 0 Å². The molecule has 0 aliphatic carbocycles. The largest absolute Gasteiger partial charge is 0.497 e. The molecule has 0 bridgehead atoms. The first kappa shape index (κ1) is 7.39. The van der Waals surface area contributed by atoms with E-state index in [0.29, 0.717) is 0 Å². The number of rotatable bonds is 2. The molecule has 1 rings (SSSR count). The van der Waals surface area contributed by atoms with Crippen molar-refractivity contribution >= 4 is 0 Å². The van der Waals surface area contributed by atoms with Gasteiger partial charge >= 0.3 is 0 Å². The molecule has 0 amide bonds. The molecular weight excluding hydrogens is 124 g/mol. The predicted molar refractivity (Wildman–Crippen MR) is 42.7 cm³/mol. The van der Waals surface area contributed by atoms with E-state index < -0.39 is 0 Å². The Balaban J connectivity index is 2.60. The Kier molecular flexibility index (Phi) is 2.55. The first-order valence-electron chi connectivity index (χ1n) is 3.81. The van der Waals surface area contributed by atoms with E-state index in [0.717, 1.165) is 6.61 Å². The molecule has 0 aromatic carbocycles. The average Bonchev–Trinajstić information content (AvgIpc) is 1.94. The normalized spacial score (nSPS) is 17.4. The summed E-state index contributed by atoms with van der Waals surface area (Å²) in [6.07, 6.45) is 6.27. The summed E-state index contributed by atoms with van der Waals surface area (Å²) in [7, 11) is 0. The molecule has 56 valence electrons. The van der Waals surface area contributed by atoms with E-state index in [1.165, 1.54) is 24.0 Å². The van der Waals surface area contributed by atoms with Crippen LogP contribution in [0.1, 0.15) is 26.7 Å². The van der Waals surface area contributed by atoms with Gasteiger partial charge in [-0.25, -0.2) is 0 Å². The minimum atomic E-state index is 0.784. The second kappa shape index (κ2) is 3.45. The Bertz CT molecular complexity index is 166. The van der Waals surface area contributed by atoms with Gasteiger partial charge in [-0.1, -0.05) is 13.3 Å². The van der Waals surface area contributed by atoms with Gasteiger partial charge in [0.2, 0.25) is 0 Å². The lowest BCUT2D eigenvalue weighted by atomic mass is 10.0. The molecule has 1 nitrogen and oxygen atoms in total. The van der Waals surface area contributed by atoms with Crippen LogP contribution in [0.2, 0.25) is 0 Å². The van der Waals surface area contributed by atoms with Crippen molar-refractivity contribution in [1.29, 1.82) is 0 Å². The second-order valence-corrected chi connectivity index (χ2v) is 2.67. The predicted octanol–water partition coefficient (Wildman–Crippen LogP) is 2.65. The Morgan fingerprint density at radius 1 is 1.60 bits per heavy atom. The molecule has 1 aliphatic rings. The maximum atomic E-state index is 5.12. The Hall–Kier alpha value is -0.720. The molecule has 0 unspecified atom stereocenters. The van der Waals surface area contributed by atoms with Crippen LogP contribution in [-0.2, 0) is 4.74 Å². The molecule has 0 aromatic heterocycles. The summed E-state index contributed by atoms with van der Waals surface area (Å²) < 4.78 is 5.12. The molecule has 10 heavy (non-hydrogen) atoms. The summed E-state index contributed by atoms with van der Waals surface area (Å²) in [5, 5.41) is 0. The molecule has 0 N–H and O–H groups in total. The van der Waals surface area contributed by atoms with Gasteiger partial charge in [0.1, 0.15) is 6.61 Å². The highest BCUT2D eigenvalue weighted by atomic mass is 16.5. The molecule has 0 atom stereocenters. The molecule has 0 saturated carbocycles. The number of hydrogen-bond acceptors (Lipinski definition) is 1. The lowest BCUT2D eigenvalue weighted by molar-refractivity contribution is 0.273. The lowest BCUT2D eigenvalue weighted by Crippen LogP contribution is -1.98. The first-order valence-corrected chi connectivity index (χ1v) is 3.81. The maximum Gasteiger partial charge on any atom is 0.109 e. The first-order chi connectivity index (χ1) is 4.84. The average molecular weight is 138 g/mol. The standard InChI is InChI=1S/C9H14O/c1-3-4-9-5-6-10-7-8(9)2/h5-6H,3-4,7H2,1-2H3. The van der Waals surface area contributed by atoms with E-state index in [-0.39, 0.29) is 0 Å². The molecule has 0 radical (unpaired) electrons. The van der Waals surface area contributed by atoms with Gasteiger partial charge in [-0.3, -0.25) is 0 Å². The molecule has 1 heterocycles. The third kappa shape index (κ3) is 1.63. The molecule has 0 saturated heterocycles. The highest BCUT2D eigenvalue weighted by Crippen LogP contribution is 2.16. The fourth-order valence-electron chi connectivity index (χ4n) is 1.10. The third-order valence-corrected chi connectivity index (χ3v) is 1.73. The van der Waals surface area contributed by atoms with E-state index in [1.807, 2.05) is 0 Å². The molecular formula is C9H14O.